The molecular formula is C21H33N5O2. The molecule has 1 saturated heterocycles. The van der Waals surface area contributed by atoms with Crippen molar-refractivity contribution in [3.8, 4) is 0 Å². The monoisotopic (exact) mass is 387 g/mol. The number of carbonyl (C=O) groups is 2. The minimum absolute atomic E-state index is 0.0145. The molecule has 1 aliphatic heterocycles. The number of nitrogens with one attached hydrogen (secondary N) is 3. The molecule has 154 valence electrons. The van der Waals surface area contributed by atoms with Gasteiger partial charge in [0, 0.05) is 31.2 Å². The van der Waals surface area contributed by atoms with E-state index >= 15 is 0 Å². The van der Waals surface area contributed by atoms with Gasteiger partial charge in [-0.25, -0.2) is 4.99 Å². The van der Waals surface area contributed by atoms with Crippen molar-refractivity contribution in [2.75, 3.05) is 31.5 Å². The standard InChI is InChI=1S/C21H33N5O2/c1-4-16(3)20(28)25-18-10-8-9-17(13-18)14-23-21(22-5-2)24-15-19(27)26-11-6-7-12-26/h8-10,13,16H,4-7,11-12,14-15H2,1-3H3,(H,25,28)(H2,22,23,24). The molecule has 1 fully saturated rings. The summed E-state index contributed by atoms with van der Waals surface area (Å²) in [5.74, 6) is 0.736. The summed E-state index contributed by atoms with van der Waals surface area (Å²) in [5.41, 5.74) is 1.77. The van der Waals surface area contributed by atoms with Gasteiger partial charge >= 0.3 is 0 Å². The van der Waals surface area contributed by atoms with Gasteiger partial charge < -0.3 is 20.9 Å². The Balaban J connectivity index is 1.93. The van der Waals surface area contributed by atoms with Crippen LogP contribution in [0.25, 0.3) is 0 Å². The van der Waals surface area contributed by atoms with E-state index in [0.29, 0.717) is 12.5 Å². The topological polar surface area (TPSA) is 85.8 Å². The molecular weight excluding hydrogens is 354 g/mol. The average Bonchev–Trinajstić information content (AvgIpc) is 3.24. The van der Waals surface area contributed by atoms with Crippen molar-refractivity contribution in [2.45, 2.75) is 46.6 Å². The number of aliphatic imine (C=N–C) groups is 1. The van der Waals surface area contributed by atoms with Crippen LogP contribution in [0.4, 0.5) is 5.69 Å². The van der Waals surface area contributed by atoms with Crippen LogP contribution in [-0.2, 0) is 16.1 Å². The molecule has 1 heterocycles. The second-order valence-corrected chi connectivity index (χ2v) is 7.14. The van der Waals surface area contributed by atoms with Crippen LogP contribution < -0.4 is 16.0 Å². The van der Waals surface area contributed by atoms with E-state index in [2.05, 4.69) is 20.9 Å². The number of rotatable bonds is 8. The molecule has 1 unspecified atom stereocenters. The highest BCUT2D eigenvalue weighted by molar-refractivity contribution is 5.92. The summed E-state index contributed by atoms with van der Waals surface area (Å²) in [5, 5.41) is 9.23. The fourth-order valence-corrected chi connectivity index (χ4v) is 2.95. The molecule has 0 aliphatic carbocycles. The molecule has 7 nitrogen and oxygen atoms in total. The first-order valence-corrected chi connectivity index (χ1v) is 10.2. The number of hydrogen-bond donors (Lipinski definition) is 3. The van der Waals surface area contributed by atoms with Crippen molar-refractivity contribution in [3.63, 3.8) is 0 Å². The molecule has 1 atom stereocenters. The molecule has 0 radical (unpaired) electrons. The minimum Gasteiger partial charge on any atom is -0.357 e. The third kappa shape index (κ3) is 6.87. The Labute approximate surface area is 168 Å². The normalized spacial score (nSPS) is 15.2. The number of nitrogens with zero attached hydrogens (tertiary/aromatic N) is 2. The Morgan fingerprint density at radius 3 is 2.61 bits per heavy atom. The van der Waals surface area contributed by atoms with Crippen LogP contribution in [-0.4, -0.2) is 48.9 Å². The lowest BCUT2D eigenvalue weighted by molar-refractivity contribution is -0.128. The zero-order valence-corrected chi connectivity index (χ0v) is 17.3. The van der Waals surface area contributed by atoms with Gasteiger partial charge in [0.15, 0.2) is 5.96 Å². The van der Waals surface area contributed by atoms with Gasteiger partial charge in [-0.2, -0.15) is 0 Å². The number of hydrogen-bond acceptors (Lipinski definition) is 3. The summed E-state index contributed by atoms with van der Waals surface area (Å²) in [6.45, 7) is 9.03. The highest BCUT2D eigenvalue weighted by Crippen LogP contribution is 2.14. The van der Waals surface area contributed by atoms with Crippen LogP contribution in [0.1, 0.15) is 45.6 Å². The molecule has 2 amide bonds. The van der Waals surface area contributed by atoms with Gasteiger partial charge in [-0.3, -0.25) is 9.59 Å². The van der Waals surface area contributed by atoms with Crippen LogP contribution in [0, 0.1) is 5.92 Å². The summed E-state index contributed by atoms with van der Waals surface area (Å²) in [4.78, 5) is 30.7. The third-order valence-electron chi connectivity index (χ3n) is 4.88. The lowest BCUT2D eigenvalue weighted by Gasteiger charge is -2.17. The Hall–Kier alpha value is -2.57. The highest BCUT2D eigenvalue weighted by Gasteiger charge is 2.17. The second kappa shape index (κ2) is 11.3. The first-order chi connectivity index (χ1) is 13.5. The van der Waals surface area contributed by atoms with Gasteiger partial charge in [-0.05, 0) is 43.9 Å². The highest BCUT2D eigenvalue weighted by atomic mass is 16.2. The molecule has 0 bridgehead atoms. The molecule has 7 heteroatoms. The number of benzene rings is 1. The molecule has 2 rings (SSSR count). The summed E-state index contributed by atoms with van der Waals surface area (Å²) in [7, 11) is 0. The number of guanidine groups is 1. The van der Waals surface area contributed by atoms with Gasteiger partial charge in [-0.15, -0.1) is 0 Å². The Morgan fingerprint density at radius 2 is 1.93 bits per heavy atom. The van der Waals surface area contributed by atoms with Crippen LogP contribution in [0.2, 0.25) is 0 Å². The first-order valence-electron chi connectivity index (χ1n) is 10.2. The fourth-order valence-electron chi connectivity index (χ4n) is 2.95. The molecule has 0 saturated carbocycles. The van der Waals surface area contributed by atoms with Crippen molar-refractivity contribution >= 4 is 23.5 Å². The molecule has 1 aromatic carbocycles. The molecule has 1 aromatic rings. The smallest absolute Gasteiger partial charge is 0.241 e. The Morgan fingerprint density at radius 1 is 1.18 bits per heavy atom. The number of carbonyl (C=O) groups excluding carboxylic acids is 2. The van der Waals surface area contributed by atoms with E-state index in [-0.39, 0.29) is 24.3 Å². The van der Waals surface area contributed by atoms with Crippen molar-refractivity contribution in [3.05, 3.63) is 29.8 Å². The third-order valence-corrected chi connectivity index (χ3v) is 4.88. The zero-order valence-electron chi connectivity index (χ0n) is 17.3. The van der Waals surface area contributed by atoms with Crippen molar-refractivity contribution in [2.24, 2.45) is 10.9 Å². The van der Waals surface area contributed by atoms with Crippen LogP contribution in [0.3, 0.4) is 0 Å². The lowest BCUT2D eigenvalue weighted by atomic mass is 10.1. The summed E-state index contributed by atoms with van der Waals surface area (Å²) >= 11 is 0. The van der Waals surface area contributed by atoms with Crippen LogP contribution in [0.15, 0.2) is 29.3 Å². The second-order valence-electron chi connectivity index (χ2n) is 7.14. The maximum atomic E-state index is 12.2. The Kier molecular flexibility index (Phi) is 8.78. The quantitative estimate of drug-likeness (QED) is 0.472. The predicted molar refractivity (Wildman–Crippen MR) is 113 cm³/mol. The zero-order chi connectivity index (χ0) is 20.4. The van der Waals surface area contributed by atoms with E-state index < -0.39 is 0 Å². The minimum atomic E-state index is -0.0145. The maximum Gasteiger partial charge on any atom is 0.241 e. The molecule has 28 heavy (non-hydrogen) atoms. The van der Waals surface area contributed by atoms with Gasteiger partial charge in [0.2, 0.25) is 11.8 Å². The van der Waals surface area contributed by atoms with E-state index in [9.17, 15) is 9.59 Å². The van der Waals surface area contributed by atoms with E-state index in [4.69, 9.17) is 0 Å². The van der Waals surface area contributed by atoms with Crippen molar-refractivity contribution in [1.29, 1.82) is 0 Å². The molecule has 1 aliphatic rings. The molecule has 0 spiro atoms. The van der Waals surface area contributed by atoms with E-state index in [0.717, 1.165) is 50.1 Å². The predicted octanol–water partition coefficient (Wildman–Crippen LogP) is 2.35. The average molecular weight is 388 g/mol. The van der Waals surface area contributed by atoms with Gasteiger partial charge in [0.1, 0.15) is 0 Å². The number of amides is 2. The largest absolute Gasteiger partial charge is 0.357 e. The molecule has 3 N–H and O–H groups in total. The van der Waals surface area contributed by atoms with Gasteiger partial charge in [0.05, 0.1) is 13.1 Å². The Bertz CT molecular complexity index is 683. The van der Waals surface area contributed by atoms with Gasteiger partial charge in [0.25, 0.3) is 0 Å². The van der Waals surface area contributed by atoms with Crippen LogP contribution in [0.5, 0.6) is 0 Å². The first kappa shape index (κ1) is 21.7. The fraction of sp³-hybridized carbons (Fsp3) is 0.571. The lowest BCUT2D eigenvalue weighted by Crippen LogP contribution is -2.44. The van der Waals surface area contributed by atoms with E-state index in [1.165, 1.54) is 0 Å². The number of anilines is 1. The van der Waals surface area contributed by atoms with Crippen LogP contribution >= 0.6 is 0 Å². The SMILES string of the molecule is CCNC(=NCc1cccc(NC(=O)C(C)CC)c1)NCC(=O)N1CCCC1. The van der Waals surface area contributed by atoms with Crippen molar-refractivity contribution < 1.29 is 9.59 Å². The molecule has 0 aromatic heterocycles. The van der Waals surface area contributed by atoms with E-state index in [1.54, 1.807) is 0 Å². The van der Waals surface area contributed by atoms with Gasteiger partial charge in [-0.1, -0.05) is 26.0 Å². The summed E-state index contributed by atoms with van der Waals surface area (Å²) in [6, 6.07) is 7.70. The summed E-state index contributed by atoms with van der Waals surface area (Å²) < 4.78 is 0. The maximum absolute atomic E-state index is 12.2. The summed E-state index contributed by atoms with van der Waals surface area (Å²) in [6.07, 6.45) is 2.98. The van der Waals surface area contributed by atoms with E-state index in [1.807, 2.05) is 49.9 Å². The number of likely N-dealkylation sites (tertiary alicyclic amines) is 1. The van der Waals surface area contributed by atoms with Crippen molar-refractivity contribution in [1.82, 2.24) is 15.5 Å².